The molecule has 0 saturated carbocycles. The number of pyridine rings is 1. The van der Waals surface area contributed by atoms with Crippen molar-refractivity contribution in [2.75, 3.05) is 0 Å². The zero-order chi connectivity index (χ0) is 23.4. The summed E-state index contributed by atoms with van der Waals surface area (Å²) in [4.78, 5) is 17.9. The SMILES string of the molecule is Cc1cc(C)c2[nH]c(=O)c(CN(Cc3ccc(F)cc3)C(=S)NCc3ccccc3)cc2c1. The minimum absolute atomic E-state index is 0.135. The molecule has 6 heteroatoms. The van der Waals surface area contributed by atoms with Gasteiger partial charge in [-0.3, -0.25) is 4.79 Å². The molecule has 168 valence electrons. The highest BCUT2D eigenvalue weighted by atomic mass is 32.1. The Morgan fingerprint density at radius 3 is 2.42 bits per heavy atom. The lowest BCUT2D eigenvalue weighted by atomic mass is 10.1. The molecule has 33 heavy (non-hydrogen) atoms. The van der Waals surface area contributed by atoms with E-state index in [9.17, 15) is 9.18 Å². The Labute approximate surface area is 198 Å². The number of nitrogens with zero attached hydrogens (tertiary/aromatic N) is 1. The molecule has 0 atom stereocenters. The number of hydrogen-bond donors (Lipinski definition) is 2. The first kappa shape index (κ1) is 22.7. The van der Waals surface area contributed by atoms with Gasteiger partial charge in [0.15, 0.2) is 5.11 Å². The first-order chi connectivity index (χ1) is 15.9. The van der Waals surface area contributed by atoms with Crippen LogP contribution in [-0.2, 0) is 19.6 Å². The Kier molecular flexibility index (Phi) is 6.84. The minimum Gasteiger partial charge on any atom is -0.358 e. The summed E-state index contributed by atoms with van der Waals surface area (Å²) < 4.78 is 13.4. The van der Waals surface area contributed by atoms with E-state index < -0.39 is 0 Å². The topological polar surface area (TPSA) is 48.1 Å². The van der Waals surface area contributed by atoms with Crippen LogP contribution in [0.4, 0.5) is 4.39 Å². The number of thiocarbonyl (C=S) groups is 1. The lowest BCUT2D eigenvalue weighted by Crippen LogP contribution is -2.39. The number of aromatic amines is 1. The highest BCUT2D eigenvalue weighted by molar-refractivity contribution is 7.80. The minimum atomic E-state index is -0.285. The molecule has 1 heterocycles. The van der Waals surface area contributed by atoms with Gasteiger partial charge in [0.1, 0.15) is 5.82 Å². The van der Waals surface area contributed by atoms with Crippen molar-refractivity contribution in [3.05, 3.63) is 117 Å². The lowest BCUT2D eigenvalue weighted by Gasteiger charge is -2.26. The van der Waals surface area contributed by atoms with Crippen LogP contribution in [0.3, 0.4) is 0 Å². The molecule has 0 unspecified atom stereocenters. The summed E-state index contributed by atoms with van der Waals surface area (Å²) in [6, 6.07) is 22.4. The van der Waals surface area contributed by atoms with Gasteiger partial charge in [0.2, 0.25) is 0 Å². The van der Waals surface area contributed by atoms with Gasteiger partial charge in [-0.05, 0) is 72.4 Å². The number of fused-ring (bicyclic) bond motifs is 1. The fourth-order valence-electron chi connectivity index (χ4n) is 3.95. The maximum absolute atomic E-state index is 13.4. The largest absolute Gasteiger partial charge is 0.358 e. The van der Waals surface area contributed by atoms with Crippen molar-refractivity contribution < 1.29 is 4.39 Å². The second-order valence-corrected chi connectivity index (χ2v) is 8.68. The average molecular weight is 460 g/mol. The van der Waals surface area contributed by atoms with E-state index in [4.69, 9.17) is 12.2 Å². The number of benzene rings is 3. The second-order valence-electron chi connectivity index (χ2n) is 8.30. The number of nitrogens with one attached hydrogen (secondary N) is 2. The molecule has 4 rings (SSSR count). The fourth-order valence-corrected chi connectivity index (χ4v) is 4.15. The predicted octanol–water partition coefficient (Wildman–Crippen LogP) is 5.36. The van der Waals surface area contributed by atoms with Gasteiger partial charge < -0.3 is 15.2 Å². The van der Waals surface area contributed by atoms with E-state index in [1.54, 1.807) is 12.1 Å². The molecule has 3 aromatic carbocycles. The van der Waals surface area contributed by atoms with Crippen molar-refractivity contribution >= 4 is 28.2 Å². The molecule has 0 spiro atoms. The van der Waals surface area contributed by atoms with Crippen molar-refractivity contribution in [2.24, 2.45) is 0 Å². The number of hydrogen-bond acceptors (Lipinski definition) is 2. The Balaban J connectivity index is 1.62. The van der Waals surface area contributed by atoms with Crippen LogP contribution in [0.1, 0.15) is 27.8 Å². The molecule has 1 aromatic heterocycles. The molecule has 4 nitrogen and oxygen atoms in total. The monoisotopic (exact) mass is 459 g/mol. The molecule has 4 aromatic rings. The number of aromatic nitrogens is 1. The zero-order valence-corrected chi connectivity index (χ0v) is 19.5. The molecule has 0 aliphatic rings. The quantitative estimate of drug-likeness (QED) is 0.381. The van der Waals surface area contributed by atoms with Gasteiger partial charge in [-0.15, -0.1) is 0 Å². The number of H-pyrrole nitrogens is 1. The molecule has 0 saturated heterocycles. The Morgan fingerprint density at radius 2 is 1.70 bits per heavy atom. The molecule has 0 amide bonds. The predicted molar refractivity (Wildman–Crippen MR) is 136 cm³/mol. The van der Waals surface area contributed by atoms with Crippen molar-refractivity contribution in [1.29, 1.82) is 0 Å². The van der Waals surface area contributed by atoms with Gasteiger partial charge in [0.25, 0.3) is 5.56 Å². The number of halogens is 1. The van der Waals surface area contributed by atoms with Gasteiger partial charge in [0, 0.05) is 18.7 Å². The Bertz CT molecular complexity index is 1330. The molecule has 0 radical (unpaired) electrons. The van der Waals surface area contributed by atoms with Crippen molar-refractivity contribution in [2.45, 2.75) is 33.5 Å². The average Bonchev–Trinajstić information content (AvgIpc) is 2.80. The number of aryl methyl sites for hydroxylation is 2. The normalized spacial score (nSPS) is 10.9. The standard InChI is InChI=1S/C27H26FN3OS/c1-18-12-19(2)25-22(13-18)14-23(26(32)30-25)17-31(16-21-8-10-24(28)11-9-21)27(33)29-15-20-6-4-3-5-7-20/h3-14H,15-17H2,1-2H3,(H,29,33)(H,30,32). The van der Waals surface area contributed by atoms with Gasteiger partial charge in [-0.2, -0.15) is 0 Å². The van der Waals surface area contributed by atoms with Crippen molar-refractivity contribution in [3.63, 3.8) is 0 Å². The summed E-state index contributed by atoms with van der Waals surface area (Å²) in [7, 11) is 0. The second kappa shape index (κ2) is 9.96. The maximum Gasteiger partial charge on any atom is 0.253 e. The summed E-state index contributed by atoms with van der Waals surface area (Å²) in [5.74, 6) is -0.285. The van der Waals surface area contributed by atoms with Crippen LogP contribution < -0.4 is 10.9 Å². The van der Waals surface area contributed by atoms with E-state index in [-0.39, 0.29) is 11.4 Å². The van der Waals surface area contributed by atoms with E-state index in [0.29, 0.717) is 30.3 Å². The highest BCUT2D eigenvalue weighted by Crippen LogP contribution is 2.19. The smallest absolute Gasteiger partial charge is 0.253 e. The molecule has 2 N–H and O–H groups in total. The van der Waals surface area contributed by atoms with Crippen molar-refractivity contribution in [3.8, 4) is 0 Å². The third kappa shape index (κ3) is 5.65. The van der Waals surface area contributed by atoms with E-state index in [1.807, 2.05) is 55.1 Å². The molecule has 0 fully saturated rings. The highest BCUT2D eigenvalue weighted by Gasteiger charge is 2.15. The van der Waals surface area contributed by atoms with Gasteiger partial charge >= 0.3 is 0 Å². The van der Waals surface area contributed by atoms with E-state index in [0.717, 1.165) is 33.2 Å². The van der Waals surface area contributed by atoms with Gasteiger partial charge in [-0.25, -0.2) is 4.39 Å². The molecule has 0 aliphatic carbocycles. The van der Waals surface area contributed by atoms with Gasteiger partial charge in [0.05, 0.1) is 12.1 Å². The van der Waals surface area contributed by atoms with Crippen molar-refractivity contribution in [1.82, 2.24) is 15.2 Å². The van der Waals surface area contributed by atoms with Crippen LogP contribution in [0.15, 0.2) is 77.6 Å². The molecule has 0 bridgehead atoms. The Morgan fingerprint density at radius 1 is 0.970 bits per heavy atom. The number of rotatable bonds is 6. The van der Waals surface area contributed by atoms with Crippen LogP contribution in [0.25, 0.3) is 10.9 Å². The molecule has 0 aliphatic heterocycles. The van der Waals surface area contributed by atoms with Crippen LogP contribution in [0.2, 0.25) is 0 Å². The van der Waals surface area contributed by atoms with E-state index >= 15 is 0 Å². The van der Waals surface area contributed by atoms with Crippen LogP contribution in [0.5, 0.6) is 0 Å². The summed E-state index contributed by atoms with van der Waals surface area (Å²) in [5, 5.41) is 4.82. The first-order valence-electron chi connectivity index (χ1n) is 10.8. The first-order valence-corrected chi connectivity index (χ1v) is 11.2. The van der Waals surface area contributed by atoms with E-state index in [2.05, 4.69) is 22.4 Å². The third-order valence-electron chi connectivity index (χ3n) is 5.59. The van der Waals surface area contributed by atoms with E-state index in [1.165, 1.54) is 12.1 Å². The Hall–Kier alpha value is -3.51. The third-order valence-corrected chi connectivity index (χ3v) is 5.99. The van der Waals surface area contributed by atoms with Crippen LogP contribution in [-0.4, -0.2) is 15.0 Å². The fraction of sp³-hybridized carbons (Fsp3) is 0.185. The summed E-state index contributed by atoms with van der Waals surface area (Å²) >= 11 is 5.71. The van der Waals surface area contributed by atoms with Crippen LogP contribution in [0, 0.1) is 19.7 Å². The summed E-state index contributed by atoms with van der Waals surface area (Å²) in [6.45, 7) is 5.39. The lowest BCUT2D eigenvalue weighted by molar-refractivity contribution is 0.397. The summed E-state index contributed by atoms with van der Waals surface area (Å²) in [5.41, 5.74) is 5.53. The zero-order valence-electron chi connectivity index (χ0n) is 18.7. The maximum atomic E-state index is 13.4. The molecular weight excluding hydrogens is 433 g/mol. The van der Waals surface area contributed by atoms with Gasteiger partial charge in [-0.1, -0.05) is 54.1 Å². The summed E-state index contributed by atoms with van der Waals surface area (Å²) in [6.07, 6.45) is 0. The van der Waals surface area contributed by atoms with Crippen LogP contribution >= 0.6 is 12.2 Å². The molecular formula is C27H26FN3OS.